The van der Waals surface area contributed by atoms with E-state index in [9.17, 15) is 8.42 Å². The van der Waals surface area contributed by atoms with Crippen LogP contribution in [-0.2, 0) is 10.0 Å². The van der Waals surface area contributed by atoms with E-state index < -0.39 is 10.0 Å². The van der Waals surface area contributed by atoms with Crippen molar-refractivity contribution >= 4 is 33.0 Å². The van der Waals surface area contributed by atoms with Gasteiger partial charge in [-0.15, -0.1) is 11.3 Å². The van der Waals surface area contributed by atoms with Crippen LogP contribution < -0.4 is 4.74 Å². The number of halogens is 1. The van der Waals surface area contributed by atoms with Crippen molar-refractivity contribution in [3.05, 3.63) is 41.0 Å². The second kappa shape index (κ2) is 5.92. The Morgan fingerprint density at radius 1 is 1.29 bits per heavy atom. The number of sulfonamides is 1. The van der Waals surface area contributed by atoms with Gasteiger partial charge in [-0.1, -0.05) is 11.6 Å². The zero-order chi connectivity index (χ0) is 14.9. The number of aromatic nitrogens is 1. The van der Waals surface area contributed by atoms with E-state index in [0.717, 1.165) is 11.3 Å². The minimum Gasteiger partial charge on any atom is -0.489 e. The maximum absolute atomic E-state index is 12.5. The average Bonchev–Trinajstić information content (AvgIpc) is 3.10. The Bertz CT molecular complexity index is 718. The summed E-state index contributed by atoms with van der Waals surface area (Å²) < 4.78 is 32.9. The molecule has 5 nitrogen and oxygen atoms in total. The lowest BCUT2D eigenvalue weighted by molar-refractivity contribution is 0.215. The van der Waals surface area contributed by atoms with Crippen molar-refractivity contribution in [3.8, 4) is 5.75 Å². The van der Waals surface area contributed by atoms with Crippen LogP contribution in [-0.4, -0.2) is 36.9 Å². The summed E-state index contributed by atoms with van der Waals surface area (Å²) in [6.07, 6.45) is 3.82. The van der Waals surface area contributed by atoms with Gasteiger partial charge in [-0.3, -0.25) is 4.98 Å². The maximum atomic E-state index is 12.5. The molecule has 0 bridgehead atoms. The van der Waals surface area contributed by atoms with E-state index in [4.69, 9.17) is 16.3 Å². The normalized spacial score (nSPS) is 19.8. The quantitative estimate of drug-likeness (QED) is 0.855. The molecule has 1 fully saturated rings. The average molecular weight is 345 g/mol. The lowest BCUT2D eigenvalue weighted by Gasteiger charge is -2.16. The molecule has 112 valence electrons. The van der Waals surface area contributed by atoms with Gasteiger partial charge in [0, 0.05) is 18.9 Å². The highest BCUT2D eigenvalue weighted by Gasteiger charge is 2.34. The Labute approximate surface area is 132 Å². The molecule has 3 heterocycles. The molecule has 0 aromatic carbocycles. The van der Waals surface area contributed by atoms with Gasteiger partial charge in [0.1, 0.15) is 16.1 Å². The third-order valence-corrected chi connectivity index (χ3v) is 6.77. The van der Waals surface area contributed by atoms with Crippen LogP contribution >= 0.6 is 22.9 Å². The van der Waals surface area contributed by atoms with E-state index in [1.54, 1.807) is 36.7 Å². The van der Waals surface area contributed by atoms with Gasteiger partial charge < -0.3 is 4.74 Å². The lowest BCUT2D eigenvalue weighted by atomic mass is 10.3. The number of hydrogen-bond donors (Lipinski definition) is 0. The summed E-state index contributed by atoms with van der Waals surface area (Å²) >= 11 is 6.89. The number of thiophene rings is 1. The molecule has 0 spiro atoms. The molecule has 21 heavy (non-hydrogen) atoms. The zero-order valence-electron chi connectivity index (χ0n) is 11.0. The molecule has 3 rings (SSSR count). The van der Waals surface area contributed by atoms with E-state index in [-0.39, 0.29) is 10.3 Å². The summed E-state index contributed by atoms with van der Waals surface area (Å²) in [5.74, 6) is 0.702. The molecule has 0 unspecified atom stereocenters. The Balaban J connectivity index is 1.69. The van der Waals surface area contributed by atoms with Crippen molar-refractivity contribution in [1.82, 2.24) is 9.29 Å². The van der Waals surface area contributed by atoms with Crippen molar-refractivity contribution in [2.45, 2.75) is 16.7 Å². The molecule has 0 amide bonds. The van der Waals surface area contributed by atoms with Crippen LogP contribution in [0.2, 0.25) is 4.34 Å². The Morgan fingerprint density at radius 3 is 2.71 bits per heavy atom. The fourth-order valence-corrected chi connectivity index (χ4v) is 5.31. The largest absolute Gasteiger partial charge is 0.489 e. The number of ether oxygens (including phenoxy) is 1. The minimum atomic E-state index is -3.47. The predicted octanol–water partition coefficient (Wildman–Crippen LogP) is 2.64. The molecule has 1 aliphatic rings. The molecule has 1 saturated heterocycles. The SMILES string of the molecule is O=S(=O)(c1ccc(Cl)s1)N1CC[C@@H](Oc2ccncc2)C1. The lowest BCUT2D eigenvalue weighted by Crippen LogP contribution is -2.30. The van der Waals surface area contributed by atoms with Crippen molar-refractivity contribution in [2.24, 2.45) is 0 Å². The van der Waals surface area contributed by atoms with Crippen LogP contribution in [0.3, 0.4) is 0 Å². The minimum absolute atomic E-state index is 0.141. The second-order valence-electron chi connectivity index (χ2n) is 4.63. The van der Waals surface area contributed by atoms with Gasteiger partial charge in [0.15, 0.2) is 0 Å². The van der Waals surface area contributed by atoms with Crippen LogP contribution in [0.1, 0.15) is 6.42 Å². The van der Waals surface area contributed by atoms with Crippen molar-refractivity contribution < 1.29 is 13.2 Å². The third-order valence-electron chi connectivity index (χ3n) is 3.20. The molecule has 0 saturated carbocycles. The standard InChI is InChI=1S/C13H13ClN2O3S2/c14-12-1-2-13(20-12)21(17,18)16-8-5-11(9-16)19-10-3-6-15-7-4-10/h1-4,6-7,11H,5,8-9H2/t11-/m1/s1. The Kier molecular flexibility index (Phi) is 4.17. The highest BCUT2D eigenvalue weighted by Crippen LogP contribution is 2.30. The molecular formula is C13H13ClN2O3S2. The summed E-state index contributed by atoms with van der Waals surface area (Å²) in [6.45, 7) is 0.799. The summed E-state index contributed by atoms with van der Waals surface area (Å²) in [6, 6.07) is 6.66. The molecule has 8 heteroatoms. The topological polar surface area (TPSA) is 59.5 Å². The first-order valence-corrected chi connectivity index (χ1v) is 9.01. The fourth-order valence-electron chi connectivity index (χ4n) is 2.19. The van der Waals surface area contributed by atoms with Gasteiger partial charge >= 0.3 is 0 Å². The van der Waals surface area contributed by atoms with Crippen LogP contribution in [0, 0.1) is 0 Å². The molecule has 2 aromatic rings. The zero-order valence-corrected chi connectivity index (χ0v) is 13.4. The molecule has 0 N–H and O–H groups in total. The molecule has 0 aliphatic carbocycles. The maximum Gasteiger partial charge on any atom is 0.252 e. The van der Waals surface area contributed by atoms with E-state index in [1.165, 1.54) is 4.31 Å². The Morgan fingerprint density at radius 2 is 2.05 bits per heavy atom. The monoisotopic (exact) mass is 344 g/mol. The Hall–Kier alpha value is -1.15. The van der Waals surface area contributed by atoms with Gasteiger partial charge in [-0.05, 0) is 30.7 Å². The summed E-state index contributed by atoms with van der Waals surface area (Å²) in [7, 11) is -3.47. The molecule has 2 aromatic heterocycles. The first-order valence-electron chi connectivity index (χ1n) is 6.38. The number of hydrogen-bond acceptors (Lipinski definition) is 5. The summed E-state index contributed by atoms with van der Waals surface area (Å²) in [5, 5.41) is 0. The predicted molar refractivity (Wildman–Crippen MR) is 81.4 cm³/mol. The second-order valence-corrected chi connectivity index (χ2v) is 8.51. The molecule has 0 radical (unpaired) electrons. The first kappa shape index (κ1) is 14.8. The molecule has 1 aliphatic heterocycles. The van der Waals surface area contributed by atoms with Gasteiger partial charge in [-0.25, -0.2) is 8.42 Å². The van der Waals surface area contributed by atoms with Gasteiger partial charge in [0.05, 0.1) is 10.9 Å². The van der Waals surface area contributed by atoms with Gasteiger partial charge in [-0.2, -0.15) is 4.31 Å². The highest BCUT2D eigenvalue weighted by molar-refractivity contribution is 7.91. The summed E-state index contributed by atoms with van der Waals surface area (Å²) in [5.41, 5.74) is 0. The third kappa shape index (κ3) is 3.21. The van der Waals surface area contributed by atoms with Crippen LogP contribution in [0.5, 0.6) is 5.75 Å². The molecule has 1 atom stereocenters. The van der Waals surface area contributed by atoms with Crippen LogP contribution in [0.15, 0.2) is 40.9 Å². The molecular weight excluding hydrogens is 332 g/mol. The number of nitrogens with zero attached hydrogens (tertiary/aromatic N) is 2. The summed E-state index contributed by atoms with van der Waals surface area (Å²) in [4.78, 5) is 3.92. The van der Waals surface area contributed by atoms with E-state index in [0.29, 0.717) is 29.6 Å². The number of pyridine rings is 1. The van der Waals surface area contributed by atoms with Gasteiger partial charge in [0.2, 0.25) is 0 Å². The van der Waals surface area contributed by atoms with E-state index >= 15 is 0 Å². The smallest absolute Gasteiger partial charge is 0.252 e. The highest BCUT2D eigenvalue weighted by atomic mass is 35.5. The van der Waals surface area contributed by atoms with Crippen molar-refractivity contribution in [1.29, 1.82) is 0 Å². The fraction of sp³-hybridized carbons (Fsp3) is 0.308. The van der Waals surface area contributed by atoms with E-state index in [2.05, 4.69) is 4.98 Å². The number of rotatable bonds is 4. The first-order chi connectivity index (χ1) is 10.1. The van der Waals surface area contributed by atoms with Crippen molar-refractivity contribution in [3.63, 3.8) is 0 Å². The van der Waals surface area contributed by atoms with Gasteiger partial charge in [0.25, 0.3) is 10.0 Å². The van der Waals surface area contributed by atoms with E-state index in [1.807, 2.05) is 0 Å². The van der Waals surface area contributed by atoms with Crippen LogP contribution in [0.25, 0.3) is 0 Å². The van der Waals surface area contributed by atoms with Crippen molar-refractivity contribution in [2.75, 3.05) is 13.1 Å². The van der Waals surface area contributed by atoms with Crippen LogP contribution in [0.4, 0.5) is 0 Å².